The molecule has 0 radical (unpaired) electrons. The van der Waals surface area contributed by atoms with Gasteiger partial charge in [0, 0.05) is 7.05 Å². The van der Waals surface area contributed by atoms with Gasteiger partial charge in [0.15, 0.2) is 0 Å². The number of benzene rings is 1. The summed E-state index contributed by atoms with van der Waals surface area (Å²) >= 11 is 0. The maximum absolute atomic E-state index is 5.99. The molecule has 0 heterocycles. The van der Waals surface area contributed by atoms with Crippen LogP contribution in [0.1, 0.15) is 16.7 Å². The number of nitrogens with zero attached hydrogens (tertiary/aromatic N) is 1. The van der Waals surface area contributed by atoms with E-state index in [0.717, 1.165) is 28.2 Å². The molecule has 0 saturated heterocycles. The van der Waals surface area contributed by atoms with Gasteiger partial charge in [0.05, 0.1) is 17.1 Å². The van der Waals surface area contributed by atoms with Gasteiger partial charge in [-0.1, -0.05) is 0 Å². The summed E-state index contributed by atoms with van der Waals surface area (Å²) < 4.78 is 0. The highest BCUT2D eigenvalue weighted by Crippen LogP contribution is 2.38. The molecule has 0 saturated carbocycles. The lowest BCUT2D eigenvalue weighted by molar-refractivity contribution is 1.25. The molecule has 0 bridgehead atoms. The Kier molecular flexibility index (Phi) is 2.79. The molecule has 0 aliphatic rings. The van der Waals surface area contributed by atoms with Crippen LogP contribution in [0.4, 0.5) is 17.1 Å². The molecule has 0 aliphatic carbocycles. The maximum atomic E-state index is 5.99. The van der Waals surface area contributed by atoms with Gasteiger partial charge in [0.25, 0.3) is 0 Å². The third-order valence-electron chi connectivity index (χ3n) is 2.80. The molecule has 1 aromatic carbocycles. The van der Waals surface area contributed by atoms with Gasteiger partial charge in [-0.3, -0.25) is 4.99 Å². The van der Waals surface area contributed by atoms with Crippen molar-refractivity contribution in [1.29, 1.82) is 0 Å². The number of anilines is 2. The Hall–Kier alpha value is -1.51. The molecule has 3 nitrogen and oxygen atoms in total. The number of rotatable bonds is 2. The summed E-state index contributed by atoms with van der Waals surface area (Å²) in [6, 6.07) is 0. The predicted octanol–water partition coefficient (Wildman–Crippen LogP) is 2.57. The SMILES string of the molecule is C=Nc1c(C)c(C)c(C)c(N)c1NC. The van der Waals surface area contributed by atoms with Crippen LogP contribution in [0, 0.1) is 20.8 Å². The molecule has 0 aliphatic heterocycles. The Morgan fingerprint density at radius 1 is 1.14 bits per heavy atom. The Balaban J connectivity index is 3.65. The van der Waals surface area contributed by atoms with Gasteiger partial charge < -0.3 is 11.1 Å². The summed E-state index contributed by atoms with van der Waals surface area (Å²) in [5.41, 5.74) is 11.9. The van der Waals surface area contributed by atoms with Crippen molar-refractivity contribution in [3.8, 4) is 0 Å². The van der Waals surface area contributed by atoms with E-state index in [9.17, 15) is 0 Å². The summed E-state index contributed by atoms with van der Waals surface area (Å²) in [5, 5.41) is 3.06. The highest BCUT2D eigenvalue weighted by Gasteiger charge is 2.13. The normalized spacial score (nSPS) is 10.0. The van der Waals surface area contributed by atoms with Gasteiger partial charge in [0.1, 0.15) is 0 Å². The van der Waals surface area contributed by atoms with Crippen molar-refractivity contribution in [3.63, 3.8) is 0 Å². The van der Waals surface area contributed by atoms with Crippen LogP contribution in [0.2, 0.25) is 0 Å². The average molecular weight is 191 g/mol. The van der Waals surface area contributed by atoms with Crippen molar-refractivity contribution in [3.05, 3.63) is 16.7 Å². The second kappa shape index (κ2) is 3.70. The predicted molar refractivity (Wildman–Crippen MR) is 63.8 cm³/mol. The van der Waals surface area contributed by atoms with Crippen LogP contribution in [0.5, 0.6) is 0 Å². The van der Waals surface area contributed by atoms with Crippen LogP contribution >= 0.6 is 0 Å². The van der Waals surface area contributed by atoms with E-state index < -0.39 is 0 Å². The Morgan fingerprint density at radius 2 is 1.71 bits per heavy atom. The summed E-state index contributed by atoms with van der Waals surface area (Å²) in [5.74, 6) is 0. The lowest BCUT2D eigenvalue weighted by Gasteiger charge is -2.16. The van der Waals surface area contributed by atoms with E-state index in [1.807, 2.05) is 20.9 Å². The summed E-state index contributed by atoms with van der Waals surface area (Å²) in [6.45, 7) is 9.67. The first-order chi connectivity index (χ1) is 6.54. The van der Waals surface area contributed by atoms with Crippen molar-refractivity contribution in [1.82, 2.24) is 0 Å². The van der Waals surface area contributed by atoms with Crippen molar-refractivity contribution in [2.24, 2.45) is 4.99 Å². The fraction of sp³-hybridized carbons (Fsp3) is 0.364. The molecule has 1 aromatic rings. The topological polar surface area (TPSA) is 50.4 Å². The summed E-state index contributed by atoms with van der Waals surface area (Å²) in [7, 11) is 1.84. The smallest absolute Gasteiger partial charge is 0.0906 e. The molecule has 0 spiro atoms. The number of nitrogens with one attached hydrogen (secondary N) is 1. The van der Waals surface area contributed by atoms with Crippen LogP contribution in [0.15, 0.2) is 4.99 Å². The molecule has 1 rings (SSSR count). The second-order valence-corrected chi connectivity index (χ2v) is 3.42. The minimum Gasteiger partial charge on any atom is -0.397 e. The highest BCUT2D eigenvalue weighted by molar-refractivity contribution is 5.86. The highest BCUT2D eigenvalue weighted by atomic mass is 14.9. The third-order valence-corrected chi connectivity index (χ3v) is 2.80. The monoisotopic (exact) mass is 191 g/mol. The number of hydrogen-bond acceptors (Lipinski definition) is 3. The van der Waals surface area contributed by atoms with E-state index in [0.29, 0.717) is 0 Å². The largest absolute Gasteiger partial charge is 0.397 e. The first-order valence-corrected chi connectivity index (χ1v) is 4.58. The van der Waals surface area contributed by atoms with E-state index in [2.05, 4.69) is 24.0 Å². The minimum absolute atomic E-state index is 0.762. The van der Waals surface area contributed by atoms with E-state index in [1.54, 1.807) is 0 Å². The fourth-order valence-corrected chi connectivity index (χ4v) is 1.61. The molecule has 14 heavy (non-hydrogen) atoms. The zero-order valence-corrected chi connectivity index (χ0v) is 9.23. The van der Waals surface area contributed by atoms with E-state index in [-0.39, 0.29) is 0 Å². The quantitative estimate of drug-likeness (QED) is 0.557. The molecular weight excluding hydrogens is 174 g/mol. The molecule has 76 valence electrons. The molecule has 0 unspecified atom stereocenters. The van der Waals surface area contributed by atoms with Crippen LogP contribution < -0.4 is 11.1 Å². The lowest BCUT2D eigenvalue weighted by Crippen LogP contribution is -2.02. The number of nitrogen functional groups attached to an aromatic ring is 1. The molecule has 0 atom stereocenters. The standard InChI is InChI=1S/C11H17N3/c1-6-7(2)9(12)11(14-5)10(13-4)8(6)3/h14H,4,12H2,1-3,5H3. The zero-order valence-electron chi connectivity index (χ0n) is 9.23. The van der Waals surface area contributed by atoms with Gasteiger partial charge >= 0.3 is 0 Å². The summed E-state index contributed by atoms with van der Waals surface area (Å²) in [6.07, 6.45) is 0. The van der Waals surface area contributed by atoms with Crippen LogP contribution in [0.3, 0.4) is 0 Å². The van der Waals surface area contributed by atoms with Gasteiger partial charge in [-0.2, -0.15) is 0 Å². The summed E-state index contributed by atoms with van der Waals surface area (Å²) in [4.78, 5) is 4.01. The minimum atomic E-state index is 0.762. The van der Waals surface area contributed by atoms with Gasteiger partial charge in [-0.25, -0.2) is 0 Å². The van der Waals surface area contributed by atoms with Gasteiger partial charge in [-0.15, -0.1) is 0 Å². The van der Waals surface area contributed by atoms with Crippen LogP contribution in [0.25, 0.3) is 0 Å². The third kappa shape index (κ3) is 1.35. The number of nitrogens with two attached hydrogens (primary N) is 1. The van der Waals surface area contributed by atoms with Crippen molar-refractivity contribution in [2.75, 3.05) is 18.1 Å². The first kappa shape index (κ1) is 10.6. The second-order valence-electron chi connectivity index (χ2n) is 3.42. The first-order valence-electron chi connectivity index (χ1n) is 4.58. The van der Waals surface area contributed by atoms with Crippen molar-refractivity contribution < 1.29 is 0 Å². The van der Waals surface area contributed by atoms with Crippen molar-refractivity contribution in [2.45, 2.75) is 20.8 Å². The Labute approximate surface area is 85.0 Å². The zero-order chi connectivity index (χ0) is 10.9. The maximum Gasteiger partial charge on any atom is 0.0906 e. The molecule has 3 N–H and O–H groups in total. The molecule has 0 fully saturated rings. The van der Waals surface area contributed by atoms with Crippen LogP contribution in [-0.2, 0) is 0 Å². The van der Waals surface area contributed by atoms with Crippen LogP contribution in [-0.4, -0.2) is 13.8 Å². The molecule has 0 amide bonds. The van der Waals surface area contributed by atoms with E-state index in [4.69, 9.17) is 5.73 Å². The molecular formula is C11H17N3. The Morgan fingerprint density at radius 3 is 2.14 bits per heavy atom. The van der Waals surface area contributed by atoms with E-state index in [1.165, 1.54) is 5.56 Å². The van der Waals surface area contributed by atoms with Gasteiger partial charge in [-0.05, 0) is 44.2 Å². The van der Waals surface area contributed by atoms with Crippen molar-refractivity contribution >= 4 is 23.8 Å². The number of hydrogen-bond donors (Lipinski definition) is 2. The number of aliphatic imine (C=N–C) groups is 1. The molecule has 3 heteroatoms. The molecule has 0 aromatic heterocycles. The lowest BCUT2D eigenvalue weighted by atomic mass is 9.99. The van der Waals surface area contributed by atoms with E-state index >= 15 is 0 Å². The average Bonchev–Trinajstić information content (AvgIpc) is 2.20. The Bertz CT molecular complexity index is 381. The van der Waals surface area contributed by atoms with Gasteiger partial charge in [0.2, 0.25) is 0 Å². The fourth-order valence-electron chi connectivity index (χ4n) is 1.61.